The minimum atomic E-state index is -0.852. The van der Waals surface area contributed by atoms with Crippen LogP contribution in [0.5, 0.6) is 5.75 Å². The number of anilines is 1. The van der Waals surface area contributed by atoms with Crippen molar-refractivity contribution in [2.45, 2.75) is 26.4 Å². The first-order valence-corrected chi connectivity index (χ1v) is 12.8. The van der Waals surface area contributed by atoms with Gasteiger partial charge in [-0.25, -0.2) is 19.2 Å². The molecule has 1 aromatic heterocycles. The van der Waals surface area contributed by atoms with E-state index < -0.39 is 23.4 Å². The van der Waals surface area contributed by atoms with Crippen molar-refractivity contribution in [3.8, 4) is 16.9 Å². The second-order valence-corrected chi connectivity index (χ2v) is 10.8. The number of hydrogen-bond acceptors (Lipinski definition) is 7. The van der Waals surface area contributed by atoms with Gasteiger partial charge in [0, 0.05) is 31.7 Å². The Bertz CT molecular complexity index is 1630. The van der Waals surface area contributed by atoms with Gasteiger partial charge in [-0.05, 0) is 55.3 Å². The molecule has 4 aromatic rings. The number of aromatic nitrogens is 2. The zero-order valence-corrected chi connectivity index (χ0v) is 22.4. The van der Waals surface area contributed by atoms with Crippen molar-refractivity contribution in [3.63, 3.8) is 0 Å². The summed E-state index contributed by atoms with van der Waals surface area (Å²) in [5.41, 5.74) is 5.60. The lowest BCUT2D eigenvalue weighted by molar-refractivity contribution is 0.0240. The number of nitrogens with two attached hydrogens (primary N) is 1. The van der Waals surface area contributed by atoms with Gasteiger partial charge in [0.25, 0.3) is 5.91 Å². The molecule has 0 bridgehead atoms. The van der Waals surface area contributed by atoms with Gasteiger partial charge in [-0.15, -0.1) is 0 Å². The molecule has 2 amide bonds. The van der Waals surface area contributed by atoms with Gasteiger partial charge in [-0.1, -0.05) is 35.9 Å². The second kappa shape index (κ2) is 9.85. The fourth-order valence-corrected chi connectivity index (χ4v) is 4.94. The third-order valence-electron chi connectivity index (χ3n) is 6.43. The zero-order chi connectivity index (χ0) is 28.1. The molecular weight excluding hydrogens is 525 g/mol. The van der Waals surface area contributed by atoms with Crippen LogP contribution in [0.3, 0.4) is 0 Å². The number of piperazine rings is 1. The molecule has 202 valence electrons. The van der Waals surface area contributed by atoms with Crippen molar-refractivity contribution < 1.29 is 23.8 Å². The van der Waals surface area contributed by atoms with E-state index >= 15 is 4.39 Å². The molecule has 1 aliphatic heterocycles. The number of hydrogen-bond donors (Lipinski definition) is 2. The molecule has 11 heteroatoms. The first-order chi connectivity index (χ1) is 18.4. The van der Waals surface area contributed by atoms with Crippen molar-refractivity contribution in [2.24, 2.45) is 5.73 Å². The molecule has 5 rings (SSSR count). The number of primary amides is 1. The number of phenolic OH excluding ortho intramolecular Hbond substituents is 1. The predicted molar refractivity (Wildman–Crippen MR) is 148 cm³/mol. The summed E-state index contributed by atoms with van der Waals surface area (Å²) in [6.07, 6.45) is -0.433. The smallest absolute Gasteiger partial charge is 0.410 e. The van der Waals surface area contributed by atoms with Gasteiger partial charge >= 0.3 is 6.09 Å². The largest absolute Gasteiger partial charge is 0.508 e. The summed E-state index contributed by atoms with van der Waals surface area (Å²) >= 11 is 6.32. The number of phenols is 1. The van der Waals surface area contributed by atoms with Crippen LogP contribution >= 0.6 is 11.6 Å². The van der Waals surface area contributed by atoms with Gasteiger partial charge < -0.3 is 25.4 Å². The highest BCUT2D eigenvalue weighted by Gasteiger charge is 2.30. The highest BCUT2D eigenvalue weighted by Crippen LogP contribution is 2.43. The van der Waals surface area contributed by atoms with Crippen LogP contribution in [0.25, 0.3) is 32.8 Å². The third kappa shape index (κ3) is 5.12. The van der Waals surface area contributed by atoms with Gasteiger partial charge in [0.05, 0.1) is 15.9 Å². The molecule has 0 spiro atoms. The standard InChI is InChI=1S/C28H27ClFN5O4/c1-28(2,3)39-27(38)35-10-8-34(9-11-35)26-22-20(32-25(33-26)24(31)37)14-19(29)23(30)21(22)18-13-16(36)12-15-6-4-5-7-17(15)18/h4-7,12-14,36H,8-11H2,1-3H3,(H2,31,37). The van der Waals surface area contributed by atoms with E-state index in [4.69, 9.17) is 22.1 Å². The third-order valence-corrected chi connectivity index (χ3v) is 6.70. The number of fused-ring (bicyclic) bond motifs is 2. The first-order valence-electron chi connectivity index (χ1n) is 12.4. The maximum Gasteiger partial charge on any atom is 0.410 e. The molecule has 3 N–H and O–H groups in total. The maximum atomic E-state index is 16.0. The number of nitrogens with zero attached hydrogens (tertiary/aromatic N) is 4. The molecule has 0 aliphatic carbocycles. The lowest BCUT2D eigenvalue weighted by Gasteiger charge is -2.36. The minimum absolute atomic E-state index is 0.0570. The SMILES string of the molecule is CC(C)(C)OC(=O)N1CCN(c2nc(C(N)=O)nc3cc(Cl)c(F)c(-c4cc(O)cc5ccccc45)c23)CC1. The van der Waals surface area contributed by atoms with E-state index in [2.05, 4.69) is 9.97 Å². The average Bonchev–Trinajstić information content (AvgIpc) is 2.87. The van der Waals surface area contributed by atoms with E-state index in [0.717, 1.165) is 0 Å². The van der Waals surface area contributed by atoms with Crippen LogP contribution in [-0.4, -0.2) is 63.8 Å². The van der Waals surface area contributed by atoms with E-state index in [1.807, 2.05) is 29.2 Å². The maximum absolute atomic E-state index is 16.0. The lowest BCUT2D eigenvalue weighted by Crippen LogP contribution is -2.50. The van der Waals surface area contributed by atoms with Crippen LogP contribution in [0.2, 0.25) is 5.02 Å². The molecule has 0 radical (unpaired) electrons. The van der Waals surface area contributed by atoms with Gasteiger partial charge in [0.2, 0.25) is 5.82 Å². The molecule has 0 unspecified atom stereocenters. The number of halogens is 2. The predicted octanol–water partition coefficient (Wildman–Crippen LogP) is 5.10. The van der Waals surface area contributed by atoms with Crippen molar-refractivity contribution in [1.29, 1.82) is 0 Å². The summed E-state index contributed by atoms with van der Waals surface area (Å²) in [5, 5.41) is 12.0. The Balaban J connectivity index is 1.69. The van der Waals surface area contributed by atoms with Crippen LogP contribution < -0.4 is 10.6 Å². The number of benzene rings is 3. The minimum Gasteiger partial charge on any atom is -0.508 e. The quantitative estimate of drug-likeness (QED) is 0.363. The second-order valence-electron chi connectivity index (χ2n) is 10.3. The molecule has 0 saturated carbocycles. The fraction of sp³-hybridized carbons (Fsp3) is 0.286. The van der Waals surface area contributed by atoms with Crippen molar-refractivity contribution in [3.05, 3.63) is 59.1 Å². The number of carbonyl (C=O) groups is 2. The molecule has 2 heterocycles. The van der Waals surface area contributed by atoms with Crippen molar-refractivity contribution in [2.75, 3.05) is 31.1 Å². The zero-order valence-electron chi connectivity index (χ0n) is 21.7. The Morgan fingerprint density at radius 3 is 2.44 bits per heavy atom. The topological polar surface area (TPSA) is 122 Å². The van der Waals surface area contributed by atoms with E-state index in [-0.39, 0.29) is 33.5 Å². The highest BCUT2D eigenvalue weighted by molar-refractivity contribution is 6.32. The Kier molecular flexibility index (Phi) is 6.67. The van der Waals surface area contributed by atoms with E-state index in [1.54, 1.807) is 31.7 Å². The normalized spacial score (nSPS) is 14.2. The summed E-state index contributed by atoms with van der Waals surface area (Å²) in [6, 6.07) is 11.6. The molecular formula is C28H27ClFN5O4. The molecule has 1 aliphatic rings. The van der Waals surface area contributed by atoms with Crippen LogP contribution in [0, 0.1) is 5.82 Å². The first kappa shape index (κ1) is 26.4. The summed E-state index contributed by atoms with van der Waals surface area (Å²) in [5.74, 6) is -1.60. The Labute approximate surface area is 228 Å². The van der Waals surface area contributed by atoms with Crippen LogP contribution in [0.4, 0.5) is 15.0 Å². The van der Waals surface area contributed by atoms with Crippen LogP contribution in [-0.2, 0) is 4.74 Å². The number of amides is 2. The van der Waals surface area contributed by atoms with E-state index in [9.17, 15) is 14.7 Å². The highest BCUT2D eigenvalue weighted by atomic mass is 35.5. The summed E-state index contributed by atoms with van der Waals surface area (Å²) in [4.78, 5) is 36.9. The Hall–Kier alpha value is -4.18. The van der Waals surface area contributed by atoms with Gasteiger partial charge in [0.15, 0.2) is 5.82 Å². The molecule has 1 saturated heterocycles. The van der Waals surface area contributed by atoms with Crippen LogP contribution in [0.15, 0.2) is 42.5 Å². The van der Waals surface area contributed by atoms with Gasteiger partial charge in [-0.3, -0.25) is 4.79 Å². The van der Waals surface area contributed by atoms with Crippen LogP contribution in [0.1, 0.15) is 31.4 Å². The number of ether oxygens (including phenoxy) is 1. The van der Waals surface area contributed by atoms with E-state index in [0.29, 0.717) is 47.9 Å². The lowest BCUT2D eigenvalue weighted by atomic mass is 9.94. The molecule has 3 aromatic carbocycles. The van der Waals surface area contributed by atoms with Gasteiger partial charge in [0.1, 0.15) is 17.2 Å². The summed E-state index contributed by atoms with van der Waals surface area (Å²) in [6.45, 7) is 6.67. The average molecular weight is 552 g/mol. The van der Waals surface area contributed by atoms with Gasteiger partial charge in [-0.2, -0.15) is 0 Å². The van der Waals surface area contributed by atoms with Crippen molar-refractivity contribution >= 4 is 51.1 Å². The molecule has 1 fully saturated rings. The van der Waals surface area contributed by atoms with E-state index in [1.165, 1.54) is 12.1 Å². The number of aromatic hydroxyl groups is 1. The molecule has 0 atom stereocenters. The Morgan fingerprint density at radius 2 is 1.77 bits per heavy atom. The van der Waals surface area contributed by atoms with Crippen molar-refractivity contribution in [1.82, 2.24) is 14.9 Å². The summed E-state index contributed by atoms with van der Waals surface area (Å²) in [7, 11) is 0. The number of rotatable bonds is 3. The number of carbonyl (C=O) groups excluding carboxylic acids is 2. The fourth-order valence-electron chi connectivity index (χ4n) is 4.74. The monoisotopic (exact) mass is 551 g/mol. The summed E-state index contributed by atoms with van der Waals surface area (Å²) < 4.78 is 21.5. The molecule has 39 heavy (non-hydrogen) atoms. The molecule has 9 nitrogen and oxygen atoms in total. The Morgan fingerprint density at radius 1 is 1.08 bits per heavy atom.